The van der Waals surface area contributed by atoms with E-state index in [4.69, 9.17) is 10.5 Å². The fourth-order valence-electron chi connectivity index (χ4n) is 1.83. The molecule has 2 unspecified atom stereocenters. The average Bonchev–Trinajstić information content (AvgIpc) is 2.24. The summed E-state index contributed by atoms with van der Waals surface area (Å²) < 4.78 is 4.73. The van der Waals surface area contributed by atoms with Crippen molar-refractivity contribution in [3.05, 3.63) is 0 Å². The highest BCUT2D eigenvalue weighted by atomic mass is 16.5. The second-order valence-corrected chi connectivity index (χ2v) is 5.01. The Kier molecular flexibility index (Phi) is 7.39. The highest BCUT2D eigenvalue weighted by Gasteiger charge is 2.31. The van der Waals surface area contributed by atoms with Crippen molar-refractivity contribution in [2.75, 3.05) is 7.11 Å². The van der Waals surface area contributed by atoms with Gasteiger partial charge in [-0.25, -0.2) is 0 Å². The van der Waals surface area contributed by atoms with Crippen LogP contribution in [0, 0.1) is 5.41 Å². The molecular weight excluding hydrogens is 202 g/mol. The highest BCUT2D eigenvalue weighted by molar-refractivity contribution is 5.70. The fourth-order valence-corrected chi connectivity index (χ4v) is 1.83. The van der Waals surface area contributed by atoms with E-state index in [1.54, 1.807) is 0 Å². The predicted molar refractivity (Wildman–Crippen MR) is 67.1 cm³/mol. The number of hydrogen-bond donors (Lipinski definition) is 1. The molecule has 16 heavy (non-hydrogen) atoms. The molecule has 0 saturated heterocycles. The maximum absolute atomic E-state index is 11.3. The monoisotopic (exact) mass is 229 g/mol. The normalized spacial score (nSPS) is 16.6. The quantitative estimate of drug-likeness (QED) is 0.514. The van der Waals surface area contributed by atoms with Crippen LogP contribution < -0.4 is 5.73 Å². The molecule has 0 aliphatic carbocycles. The molecule has 0 aromatic rings. The molecule has 0 aromatic heterocycles. The van der Waals surface area contributed by atoms with Crippen molar-refractivity contribution in [2.45, 2.75) is 65.3 Å². The average molecular weight is 229 g/mol. The number of unbranched alkanes of at least 4 members (excludes halogenated alkanes) is 3. The summed E-state index contributed by atoms with van der Waals surface area (Å²) in [5.41, 5.74) is 5.86. The first kappa shape index (κ1) is 15.4. The number of esters is 1. The topological polar surface area (TPSA) is 52.3 Å². The molecule has 3 nitrogen and oxygen atoms in total. The van der Waals surface area contributed by atoms with Crippen LogP contribution in [0.3, 0.4) is 0 Å². The second-order valence-electron chi connectivity index (χ2n) is 5.01. The van der Waals surface area contributed by atoms with Gasteiger partial charge in [-0.1, -0.05) is 39.5 Å². The Balaban J connectivity index is 4.17. The van der Waals surface area contributed by atoms with E-state index in [2.05, 4.69) is 13.8 Å². The first-order valence-corrected chi connectivity index (χ1v) is 6.28. The van der Waals surface area contributed by atoms with Crippen molar-refractivity contribution in [1.82, 2.24) is 0 Å². The lowest BCUT2D eigenvalue weighted by Gasteiger charge is -2.32. The Hall–Kier alpha value is -0.570. The summed E-state index contributed by atoms with van der Waals surface area (Å²) >= 11 is 0. The van der Waals surface area contributed by atoms with Crippen LogP contribution in [0.25, 0.3) is 0 Å². The lowest BCUT2D eigenvalue weighted by atomic mass is 9.76. The van der Waals surface area contributed by atoms with E-state index in [-0.39, 0.29) is 17.4 Å². The van der Waals surface area contributed by atoms with Crippen LogP contribution in [0.15, 0.2) is 0 Å². The first-order chi connectivity index (χ1) is 7.46. The van der Waals surface area contributed by atoms with Gasteiger partial charge in [0.05, 0.1) is 13.5 Å². The molecule has 0 saturated carbocycles. The maximum atomic E-state index is 11.3. The van der Waals surface area contributed by atoms with Crippen molar-refractivity contribution >= 4 is 5.97 Å². The van der Waals surface area contributed by atoms with Gasteiger partial charge in [0.25, 0.3) is 0 Å². The van der Waals surface area contributed by atoms with Crippen molar-refractivity contribution < 1.29 is 9.53 Å². The molecule has 3 heteroatoms. The fraction of sp³-hybridized carbons (Fsp3) is 0.923. The zero-order valence-electron chi connectivity index (χ0n) is 11.2. The number of nitrogens with two attached hydrogens (primary N) is 1. The Morgan fingerprint density at radius 1 is 1.38 bits per heavy atom. The lowest BCUT2D eigenvalue weighted by Crippen LogP contribution is -2.39. The molecule has 2 N–H and O–H groups in total. The minimum Gasteiger partial charge on any atom is -0.469 e. The van der Waals surface area contributed by atoms with Gasteiger partial charge >= 0.3 is 5.97 Å². The molecule has 0 spiro atoms. The van der Waals surface area contributed by atoms with Gasteiger partial charge in [-0.05, 0) is 18.8 Å². The summed E-state index contributed by atoms with van der Waals surface area (Å²) in [4.78, 5) is 11.3. The van der Waals surface area contributed by atoms with Crippen LogP contribution in [0.4, 0.5) is 0 Å². The third-order valence-corrected chi connectivity index (χ3v) is 3.48. The Morgan fingerprint density at radius 2 is 2.00 bits per heavy atom. The van der Waals surface area contributed by atoms with Gasteiger partial charge in [0, 0.05) is 6.04 Å². The molecule has 0 rings (SSSR count). The molecular formula is C13H27NO2. The van der Waals surface area contributed by atoms with E-state index in [9.17, 15) is 4.79 Å². The Morgan fingerprint density at radius 3 is 2.44 bits per heavy atom. The Labute approximate surface area is 99.7 Å². The van der Waals surface area contributed by atoms with E-state index >= 15 is 0 Å². The van der Waals surface area contributed by atoms with Crippen molar-refractivity contribution in [2.24, 2.45) is 11.1 Å². The lowest BCUT2D eigenvalue weighted by molar-refractivity contribution is -0.143. The summed E-state index contributed by atoms with van der Waals surface area (Å²) in [5.74, 6) is -0.157. The van der Waals surface area contributed by atoms with Crippen molar-refractivity contribution in [1.29, 1.82) is 0 Å². The van der Waals surface area contributed by atoms with Gasteiger partial charge in [0.2, 0.25) is 0 Å². The third-order valence-electron chi connectivity index (χ3n) is 3.48. The summed E-state index contributed by atoms with van der Waals surface area (Å²) in [5, 5.41) is 0. The standard InChI is InChI=1S/C13H27NO2/c1-5-6-7-8-9-13(3,11(2)14)10-12(15)16-4/h11H,5-10,14H2,1-4H3. The maximum Gasteiger partial charge on any atom is 0.306 e. The molecule has 0 aromatic carbocycles. The second kappa shape index (κ2) is 7.66. The van der Waals surface area contributed by atoms with Crippen molar-refractivity contribution in [3.63, 3.8) is 0 Å². The molecule has 0 aliphatic heterocycles. The molecule has 0 fully saturated rings. The number of ether oxygens (including phenoxy) is 1. The zero-order chi connectivity index (χ0) is 12.6. The molecule has 0 amide bonds. The van der Waals surface area contributed by atoms with Gasteiger partial charge in [-0.15, -0.1) is 0 Å². The van der Waals surface area contributed by atoms with Crippen LogP contribution in [0.1, 0.15) is 59.3 Å². The highest BCUT2D eigenvalue weighted by Crippen LogP contribution is 2.32. The van der Waals surface area contributed by atoms with Crippen molar-refractivity contribution in [3.8, 4) is 0 Å². The van der Waals surface area contributed by atoms with E-state index < -0.39 is 0 Å². The summed E-state index contributed by atoms with van der Waals surface area (Å²) in [6.45, 7) is 6.25. The molecule has 0 aliphatic rings. The predicted octanol–water partition coefficient (Wildman–Crippen LogP) is 2.87. The summed E-state index contributed by atoms with van der Waals surface area (Å²) in [6.07, 6.45) is 6.27. The van der Waals surface area contributed by atoms with Gasteiger partial charge < -0.3 is 10.5 Å². The summed E-state index contributed by atoms with van der Waals surface area (Å²) in [7, 11) is 1.43. The smallest absolute Gasteiger partial charge is 0.306 e. The third kappa shape index (κ3) is 5.50. The number of carbonyl (C=O) groups excluding carboxylic acids is 1. The minimum atomic E-state index is -0.157. The van der Waals surface area contributed by atoms with Gasteiger partial charge in [0.1, 0.15) is 0 Å². The summed E-state index contributed by atoms with van der Waals surface area (Å²) in [6, 6.07) is 0.0215. The SMILES string of the molecule is CCCCCCC(C)(CC(=O)OC)C(C)N. The molecule has 2 atom stereocenters. The number of hydrogen-bond acceptors (Lipinski definition) is 3. The molecule has 96 valence electrons. The van der Waals surface area contributed by atoms with Gasteiger partial charge in [-0.3, -0.25) is 4.79 Å². The minimum absolute atomic E-state index is 0.0215. The number of rotatable bonds is 8. The molecule has 0 heterocycles. The van der Waals surface area contributed by atoms with Crippen LogP contribution >= 0.6 is 0 Å². The largest absolute Gasteiger partial charge is 0.469 e. The van der Waals surface area contributed by atoms with Crippen LogP contribution in [-0.4, -0.2) is 19.1 Å². The van der Waals surface area contributed by atoms with E-state index in [0.717, 1.165) is 12.8 Å². The number of carbonyl (C=O) groups is 1. The van der Waals surface area contributed by atoms with Gasteiger partial charge in [-0.2, -0.15) is 0 Å². The van der Waals surface area contributed by atoms with Gasteiger partial charge in [0.15, 0.2) is 0 Å². The van der Waals surface area contributed by atoms with Crippen LogP contribution in [0.2, 0.25) is 0 Å². The Bertz CT molecular complexity index is 204. The number of methoxy groups -OCH3 is 1. The van der Waals surface area contributed by atoms with E-state index in [1.165, 1.54) is 26.4 Å². The van der Waals surface area contributed by atoms with Crippen LogP contribution in [0.5, 0.6) is 0 Å². The zero-order valence-corrected chi connectivity index (χ0v) is 11.2. The van der Waals surface area contributed by atoms with E-state index in [1.807, 2.05) is 6.92 Å². The first-order valence-electron chi connectivity index (χ1n) is 6.28. The van der Waals surface area contributed by atoms with E-state index in [0.29, 0.717) is 6.42 Å². The van der Waals surface area contributed by atoms with Crippen LogP contribution in [-0.2, 0) is 9.53 Å². The molecule has 0 bridgehead atoms. The molecule has 0 radical (unpaired) electrons.